The van der Waals surface area contributed by atoms with Gasteiger partial charge in [-0.25, -0.2) is 9.37 Å². The fraction of sp³-hybridized carbons (Fsp3) is 0.0323. The van der Waals surface area contributed by atoms with Crippen LogP contribution < -0.4 is 15.6 Å². The minimum atomic E-state index is -0.533. The first kappa shape index (κ1) is 24.7. The maximum absolute atomic E-state index is 13.8. The van der Waals surface area contributed by atoms with Crippen molar-refractivity contribution >= 4 is 39.7 Å². The van der Waals surface area contributed by atoms with Crippen molar-refractivity contribution in [2.24, 2.45) is 5.10 Å². The van der Waals surface area contributed by atoms with Gasteiger partial charge in [-0.1, -0.05) is 54.6 Å². The number of benzene rings is 4. The van der Waals surface area contributed by atoms with E-state index < -0.39 is 11.7 Å². The van der Waals surface area contributed by atoms with Crippen LogP contribution in [0.1, 0.15) is 5.56 Å². The lowest BCUT2D eigenvalue weighted by molar-refractivity contribution is -0.118. The molecule has 40 heavy (non-hydrogen) atoms. The largest absolute Gasteiger partial charge is 0.484 e. The van der Waals surface area contributed by atoms with Gasteiger partial charge >= 0.3 is 0 Å². The summed E-state index contributed by atoms with van der Waals surface area (Å²) in [6.07, 6.45) is 1.50. The molecule has 0 aliphatic carbocycles. The number of anilines is 1. The number of halogens is 1. The zero-order valence-corrected chi connectivity index (χ0v) is 21.0. The molecule has 0 fully saturated rings. The van der Waals surface area contributed by atoms with Crippen molar-refractivity contribution in [2.45, 2.75) is 0 Å². The second kappa shape index (κ2) is 10.7. The Morgan fingerprint density at radius 3 is 2.65 bits per heavy atom. The van der Waals surface area contributed by atoms with Crippen molar-refractivity contribution in [3.63, 3.8) is 0 Å². The molecule has 4 aromatic carbocycles. The number of amides is 1. The van der Waals surface area contributed by atoms with Gasteiger partial charge < -0.3 is 14.5 Å². The molecule has 2 aromatic heterocycles. The number of carbonyl (C=O) groups is 1. The Hall–Kier alpha value is -5.57. The second-order valence-corrected chi connectivity index (χ2v) is 8.85. The number of carbonyl (C=O) groups excluding carboxylic acids is 1. The van der Waals surface area contributed by atoms with Crippen LogP contribution in [-0.4, -0.2) is 28.4 Å². The summed E-state index contributed by atoms with van der Waals surface area (Å²) in [4.78, 5) is 30.4. The highest BCUT2D eigenvalue weighted by atomic mass is 19.1. The summed E-state index contributed by atoms with van der Waals surface area (Å²) in [5.41, 5.74) is 1.53. The highest BCUT2D eigenvalue weighted by Gasteiger charge is 2.16. The van der Waals surface area contributed by atoms with Gasteiger partial charge in [0.1, 0.15) is 17.1 Å². The number of hydrogen-bond acceptors (Lipinski definition) is 6. The van der Waals surface area contributed by atoms with Crippen molar-refractivity contribution in [3.8, 4) is 17.3 Å². The van der Waals surface area contributed by atoms with Crippen molar-refractivity contribution < 1.29 is 18.3 Å². The molecule has 1 amide bonds. The Bertz CT molecular complexity index is 1930. The zero-order valence-electron chi connectivity index (χ0n) is 21.0. The molecule has 0 unspecified atom stereocenters. The van der Waals surface area contributed by atoms with Gasteiger partial charge in [0.25, 0.3) is 11.5 Å². The van der Waals surface area contributed by atoms with Gasteiger partial charge in [-0.3, -0.25) is 9.59 Å². The summed E-state index contributed by atoms with van der Waals surface area (Å²) in [6, 6.07) is 29.1. The molecule has 0 saturated carbocycles. The summed E-state index contributed by atoms with van der Waals surface area (Å²) in [6.45, 7) is -0.320. The Balaban J connectivity index is 1.28. The second-order valence-electron chi connectivity index (χ2n) is 8.85. The van der Waals surface area contributed by atoms with Gasteiger partial charge in [-0.05, 0) is 54.1 Å². The summed E-state index contributed by atoms with van der Waals surface area (Å²) in [5.74, 6) is 0.0181. The highest BCUT2D eigenvalue weighted by molar-refractivity contribution is 5.92. The van der Waals surface area contributed by atoms with E-state index >= 15 is 0 Å². The minimum absolute atomic E-state index is 0.0756. The summed E-state index contributed by atoms with van der Waals surface area (Å²) >= 11 is 0. The SMILES string of the molecule is O=C(COc1cccc(C=Nn2c(-c3cc4ccccc4o3)nc3ccccc3c2=O)c1)Nc1ccccc1F. The molecule has 9 heteroatoms. The maximum Gasteiger partial charge on any atom is 0.282 e. The molecule has 0 aliphatic heterocycles. The molecule has 0 spiro atoms. The third-order valence-corrected chi connectivity index (χ3v) is 6.10. The molecule has 0 radical (unpaired) electrons. The molecule has 6 rings (SSSR count). The van der Waals surface area contributed by atoms with Crippen LogP contribution in [0.2, 0.25) is 0 Å². The zero-order chi connectivity index (χ0) is 27.5. The average Bonchev–Trinajstić information content (AvgIpc) is 3.41. The number of fused-ring (bicyclic) bond motifs is 2. The van der Waals surface area contributed by atoms with Crippen LogP contribution in [0, 0.1) is 5.82 Å². The van der Waals surface area contributed by atoms with Crippen molar-refractivity contribution in [1.29, 1.82) is 0 Å². The van der Waals surface area contributed by atoms with Gasteiger partial charge in [0, 0.05) is 5.39 Å². The first-order valence-electron chi connectivity index (χ1n) is 12.4. The van der Waals surface area contributed by atoms with E-state index in [2.05, 4.69) is 15.4 Å². The molecular formula is C31H21FN4O4. The summed E-state index contributed by atoms with van der Waals surface area (Å²) in [7, 11) is 0. The van der Waals surface area contributed by atoms with E-state index in [1.165, 1.54) is 29.1 Å². The topological polar surface area (TPSA) is 98.7 Å². The molecule has 0 aliphatic rings. The standard InChI is InChI=1S/C31H21FN4O4/c32-24-12-3-5-14-26(24)34-29(37)19-39-22-10-7-8-20(16-22)18-33-36-30(28-17-21-9-1-6-15-27(21)40-28)35-25-13-4-2-11-23(25)31(36)38/h1-18H,19H2,(H,34,37). The Morgan fingerprint density at radius 2 is 1.77 bits per heavy atom. The molecule has 0 atom stereocenters. The molecule has 6 aromatic rings. The van der Waals surface area contributed by atoms with Crippen LogP contribution in [0.4, 0.5) is 10.1 Å². The summed E-state index contributed by atoms with van der Waals surface area (Å²) in [5, 5.41) is 8.22. The van der Waals surface area contributed by atoms with Gasteiger partial charge in [-0.2, -0.15) is 9.78 Å². The molecular weight excluding hydrogens is 511 g/mol. The highest BCUT2D eigenvalue weighted by Crippen LogP contribution is 2.27. The van der Waals surface area contributed by atoms with Crippen molar-refractivity contribution in [3.05, 3.63) is 125 Å². The number of furan rings is 1. The fourth-order valence-electron chi connectivity index (χ4n) is 4.19. The van der Waals surface area contributed by atoms with Crippen molar-refractivity contribution in [2.75, 3.05) is 11.9 Å². The molecule has 196 valence electrons. The smallest absolute Gasteiger partial charge is 0.282 e. The van der Waals surface area contributed by atoms with E-state index in [9.17, 15) is 14.0 Å². The Labute approximate surface area is 227 Å². The number of nitrogens with one attached hydrogen (secondary N) is 1. The lowest BCUT2D eigenvalue weighted by Gasteiger charge is -2.09. The molecule has 0 saturated heterocycles. The first-order chi connectivity index (χ1) is 19.5. The van der Waals surface area contributed by atoms with Crippen LogP contribution in [0.3, 0.4) is 0 Å². The molecule has 8 nitrogen and oxygen atoms in total. The molecule has 0 bridgehead atoms. The van der Waals surface area contributed by atoms with E-state index in [0.29, 0.717) is 33.6 Å². The van der Waals surface area contributed by atoms with E-state index in [0.717, 1.165) is 5.39 Å². The number of nitrogens with zero attached hydrogens (tertiary/aromatic N) is 3. The van der Waals surface area contributed by atoms with Gasteiger partial charge in [-0.15, -0.1) is 0 Å². The number of rotatable bonds is 7. The van der Waals surface area contributed by atoms with Crippen LogP contribution in [0.5, 0.6) is 5.75 Å². The van der Waals surface area contributed by atoms with Crippen LogP contribution in [0.15, 0.2) is 117 Å². The molecule has 1 N–H and O–H groups in total. The number of para-hydroxylation sites is 3. The monoisotopic (exact) mass is 532 g/mol. The fourth-order valence-corrected chi connectivity index (χ4v) is 4.19. The normalized spacial score (nSPS) is 11.3. The van der Waals surface area contributed by atoms with Crippen LogP contribution >= 0.6 is 0 Å². The van der Waals surface area contributed by atoms with Gasteiger partial charge in [0.2, 0.25) is 5.82 Å². The lowest BCUT2D eigenvalue weighted by atomic mass is 10.2. The lowest BCUT2D eigenvalue weighted by Crippen LogP contribution is -2.21. The van der Waals surface area contributed by atoms with E-state index in [-0.39, 0.29) is 23.7 Å². The van der Waals surface area contributed by atoms with Crippen LogP contribution in [0.25, 0.3) is 33.5 Å². The maximum atomic E-state index is 13.8. The van der Waals surface area contributed by atoms with Crippen molar-refractivity contribution in [1.82, 2.24) is 9.66 Å². The van der Waals surface area contributed by atoms with Gasteiger partial charge in [0.05, 0.1) is 22.8 Å². The van der Waals surface area contributed by atoms with E-state index in [1.807, 2.05) is 36.4 Å². The minimum Gasteiger partial charge on any atom is -0.484 e. The third kappa shape index (κ3) is 5.08. The van der Waals surface area contributed by atoms with Crippen LogP contribution in [-0.2, 0) is 4.79 Å². The van der Waals surface area contributed by atoms with Gasteiger partial charge in [0.15, 0.2) is 12.4 Å². The number of aromatic nitrogens is 2. The quantitative estimate of drug-likeness (QED) is 0.260. The van der Waals surface area contributed by atoms with E-state index in [1.54, 1.807) is 48.5 Å². The molecule has 2 heterocycles. The predicted molar refractivity (Wildman–Crippen MR) is 151 cm³/mol. The Morgan fingerprint density at radius 1 is 0.975 bits per heavy atom. The number of ether oxygens (including phenoxy) is 1. The Kier molecular flexibility index (Phi) is 6.60. The average molecular weight is 533 g/mol. The van der Waals surface area contributed by atoms with E-state index in [4.69, 9.17) is 9.15 Å². The summed E-state index contributed by atoms with van der Waals surface area (Å²) < 4.78 is 26.6. The predicted octanol–water partition coefficient (Wildman–Crippen LogP) is 5.85. The third-order valence-electron chi connectivity index (χ3n) is 6.10. The number of hydrogen-bond donors (Lipinski definition) is 1. The first-order valence-corrected chi connectivity index (χ1v) is 12.4.